The van der Waals surface area contributed by atoms with E-state index in [1.807, 2.05) is 13.8 Å². The van der Waals surface area contributed by atoms with Crippen LogP contribution in [0.2, 0.25) is 5.02 Å². The fraction of sp³-hybridized carbons (Fsp3) is 0.500. The van der Waals surface area contributed by atoms with E-state index in [1.54, 1.807) is 19.2 Å². The summed E-state index contributed by atoms with van der Waals surface area (Å²) in [5.41, 5.74) is 0.269. The van der Waals surface area contributed by atoms with E-state index in [0.717, 1.165) is 12.8 Å². The molecule has 0 atom stereocenters. The summed E-state index contributed by atoms with van der Waals surface area (Å²) in [6.45, 7) is 4.07. The van der Waals surface area contributed by atoms with Crippen LogP contribution < -0.4 is 10.6 Å². The number of nitrogens with zero attached hydrogens (tertiary/aromatic N) is 1. The normalized spacial score (nSPS) is 10.4. The second kappa shape index (κ2) is 6.45. The van der Waals surface area contributed by atoms with Crippen LogP contribution in [0.1, 0.15) is 37.2 Å². The van der Waals surface area contributed by atoms with Gasteiger partial charge in [-0.3, -0.25) is 4.79 Å². The Hall–Kier alpha value is -1.29. The summed E-state index contributed by atoms with van der Waals surface area (Å²) in [6, 6.07) is 3.57. The van der Waals surface area contributed by atoms with E-state index < -0.39 is 0 Å². The molecule has 0 radical (unpaired) electrons. The van der Waals surface area contributed by atoms with Gasteiger partial charge in [0.15, 0.2) is 0 Å². The highest BCUT2D eigenvalue weighted by atomic mass is 35.5. The molecule has 1 rings (SSSR count). The molecule has 4 nitrogen and oxygen atoms in total. The Bertz CT molecular complexity index is 391. The predicted octanol–water partition coefficient (Wildman–Crippen LogP) is 2.70. The van der Waals surface area contributed by atoms with Crippen LogP contribution in [0.25, 0.3) is 0 Å². The van der Waals surface area contributed by atoms with Crippen molar-refractivity contribution in [1.29, 1.82) is 0 Å². The second-order valence-electron chi connectivity index (χ2n) is 3.76. The second-order valence-corrected chi connectivity index (χ2v) is 4.17. The number of nitrogens with one attached hydrogen (secondary N) is 2. The van der Waals surface area contributed by atoms with Gasteiger partial charge in [0.2, 0.25) is 0 Å². The number of carbonyl (C=O) groups is 1. The highest BCUT2D eigenvalue weighted by molar-refractivity contribution is 6.33. The molecule has 17 heavy (non-hydrogen) atoms. The number of anilines is 1. The molecule has 2 N–H and O–H groups in total. The van der Waals surface area contributed by atoms with E-state index in [9.17, 15) is 4.79 Å². The molecule has 1 heterocycles. The average molecular weight is 256 g/mol. The molecule has 0 bridgehead atoms. The molecule has 0 unspecified atom stereocenters. The minimum Gasteiger partial charge on any atom is -0.373 e. The highest BCUT2D eigenvalue weighted by Gasteiger charge is 2.15. The van der Waals surface area contributed by atoms with Crippen molar-refractivity contribution in [2.45, 2.75) is 32.7 Å². The van der Waals surface area contributed by atoms with Gasteiger partial charge in [0, 0.05) is 13.1 Å². The van der Waals surface area contributed by atoms with Crippen LogP contribution in [0.4, 0.5) is 5.82 Å². The van der Waals surface area contributed by atoms with E-state index >= 15 is 0 Å². The van der Waals surface area contributed by atoms with Gasteiger partial charge in [0.1, 0.15) is 11.5 Å². The zero-order chi connectivity index (χ0) is 12.8. The number of hydrogen-bond donors (Lipinski definition) is 2. The van der Waals surface area contributed by atoms with Gasteiger partial charge >= 0.3 is 0 Å². The maximum atomic E-state index is 12.0. The summed E-state index contributed by atoms with van der Waals surface area (Å²) < 4.78 is 0. The van der Waals surface area contributed by atoms with Crippen LogP contribution in [0.5, 0.6) is 0 Å². The molecule has 0 fully saturated rings. The van der Waals surface area contributed by atoms with Crippen LogP contribution in [0, 0.1) is 0 Å². The largest absolute Gasteiger partial charge is 0.373 e. The Morgan fingerprint density at radius 1 is 1.41 bits per heavy atom. The predicted molar refractivity (Wildman–Crippen MR) is 70.6 cm³/mol. The molecule has 0 aliphatic rings. The van der Waals surface area contributed by atoms with Crippen LogP contribution >= 0.6 is 11.6 Å². The van der Waals surface area contributed by atoms with Gasteiger partial charge in [-0.25, -0.2) is 4.98 Å². The maximum absolute atomic E-state index is 12.0. The summed E-state index contributed by atoms with van der Waals surface area (Å²) >= 11 is 5.97. The van der Waals surface area contributed by atoms with E-state index in [-0.39, 0.29) is 17.6 Å². The molecular formula is C12H18ClN3O. The molecule has 0 spiro atoms. The Morgan fingerprint density at radius 3 is 2.59 bits per heavy atom. The lowest BCUT2D eigenvalue weighted by Gasteiger charge is -2.15. The third-order valence-electron chi connectivity index (χ3n) is 2.64. The lowest BCUT2D eigenvalue weighted by atomic mass is 10.1. The number of amides is 1. The number of hydrogen-bond acceptors (Lipinski definition) is 3. The first kappa shape index (κ1) is 13.8. The van der Waals surface area contributed by atoms with E-state index in [1.165, 1.54) is 0 Å². The fourth-order valence-electron chi connectivity index (χ4n) is 1.49. The molecule has 0 aliphatic heterocycles. The summed E-state index contributed by atoms with van der Waals surface area (Å²) in [5.74, 6) is 0.407. The monoisotopic (exact) mass is 255 g/mol. The molecule has 0 saturated carbocycles. The first-order valence-corrected chi connectivity index (χ1v) is 6.15. The Labute approximate surface area is 107 Å². The highest BCUT2D eigenvalue weighted by Crippen LogP contribution is 2.16. The molecule has 5 heteroatoms. The molecule has 1 amide bonds. The molecule has 1 aromatic rings. The lowest BCUT2D eigenvalue weighted by Crippen LogP contribution is -2.34. The van der Waals surface area contributed by atoms with E-state index in [0.29, 0.717) is 10.8 Å². The first-order chi connectivity index (χ1) is 8.12. The van der Waals surface area contributed by atoms with Crippen molar-refractivity contribution in [3.63, 3.8) is 0 Å². The minimum atomic E-state index is -0.221. The van der Waals surface area contributed by atoms with Crippen molar-refractivity contribution >= 4 is 23.3 Å². The topological polar surface area (TPSA) is 54.0 Å². The number of carbonyl (C=O) groups excluding carboxylic acids is 1. The molecule has 0 aromatic carbocycles. The van der Waals surface area contributed by atoms with Gasteiger partial charge in [0.25, 0.3) is 5.91 Å². The molecule has 1 aromatic heterocycles. The number of rotatable bonds is 5. The Morgan fingerprint density at radius 2 is 2.06 bits per heavy atom. The first-order valence-electron chi connectivity index (χ1n) is 5.77. The summed E-state index contributed by atoms with van der Waals surface area (Å²) in [5, 5.41) is 6.16. The SMILES string of the molecule is CCC(CC)NC(=O)c1nc(NC)ccc1Cl. The summed E-state index contributed by atoms with van der Waals surface area (Å²) in [4.78, 5) is 16.1. The Kier molecular flexibility index (Phi) is 5.22. The van der Waals surface area contributed by atoms with Crippen LogP contribution in [0.15, 0.2) is 12.1 Å². The van der Waals surface area contributed by atoms with Crippen LogP contribution in [0.3, 0.4) is 0 Å². The maximum Gasteiger partial charge on any atom is 0.271 e. The smallest absolute Gasteiger partial charge is 0.271 e. The number of aromatic nitrogens is 1. The zero-order valence-electron chi connectivity index (χ0n) is 10.4. The van der Waals surface area contributed by atoms with Crippen LogP contribution in [-0.4, -0.2) is 24.0 Å². The van der Waals surface area contributed by atoms with Crippen molar-refractivity contribution in [2.24, 2.45) is 0 Å². The van der Waals surface area contributed by atoms with Crippen molar-refractivity contribution in [2.75, 3.05) is 12.4 Å². The average Bonchev–Trinajstić information content (AvgIpc) is 2.36. The third kappa shape index (κ3) is 3.60. The van der Waals surface area contributed by atoms with Gasteiger partial charge in [0.05, 0.1) is 5.02 Å². The molecule has 0 saturated heterocycles. The van der Waals surface area contributed by atoms with Crippen molar-refractivity contribution < 1.29 is 4.79 Å². The van der Waals surface area contributed by atoms with Gasteiger partial charge in [-0.15, -0.1) is 0 Å². The van der Waals surface area contributed by atoms with Crippen LogP contribution in [-0.2, 0) is 0 Å². The van der Waals surface area contributed by atoms with Crippen molar-refractivity contribution in [3.05, 3.63) is 22.8 Å². The summed E-state index contributed by atoms with van der Waals surface area (Å²) in [7, 11) is 1.75. The van der Waals surface area contributed by atoms with E-state index in [2.05, 4.69) is 15.6 Å². The van der Waals surface area contributed by atoms with E-state index in [4.69, 9.17) is 11.6 Å². The fourth-order valence-corrected chi connectivity index (χ4v) is 1.68. The zero-order valence-corrected chi connectivity index (χ0v) is 11.1. The summed E-state index contributed by atoms with van der Waals surface area (Å²) in [6.07, 6.45) is 1.79. The number of pyridine rings is 1. The minimum absolute atomic E-state index is 0.165. The molecule has 94 valence electrons. The van der Waals surface area contributed by atoms with Gasteiger partial charge in [-0.05, 0) is 25.0 Å². The van der Waals surface area contributed by atoms with Gasteiger partial charge in [-0.2, -0.15) is 0 Å². The van der Waals surface area contributed by atoms with Gasteiger partial charge < -0.3 is 10.6 Å². The third-order valence-corrected chi connectivity index (χ3v) is 2.94. The quantitative estimate of drug-likeness (QED) is 0.851. The van der Waals surface area contributed by atoms with Crippen molar-refractivity contribution in [1.82, 2.24) is 10.3 Å². The molecular weight excluding hydrogens is 238 g/mol. The van der Waals surface area contributed by atoms with Crippen molar-refractivity contribution in [3.8, 4) is 0 Å². The Balaban J connectivity index is 2.87. The standard InChI is InChI=1S/C12H18ClN3O/c1-4-8(5-2)15-12(17)11-9(13)6-7-10(14-3)16-11/h6-8H,4-5H2,1-3H3,(H,14,16)(H,15,17). The molecule has 0 aliphatic carbocycles. The number of halogens is 1. The lowest BCUT2D eigenvalue weighted by molar-refractivity contribution is 0.0930. The van der Waals surface area contributed by atoms with Gasteiger partial charge in [-0.1, -0.05) is 25.4 Å².